The van der Waals surface area contributed by atoms with Gasteiger partial charge in [-0.15, -0.1) is 0 Å². The van der Waals surface area contributed by atoms with E-state index in [4.69, 9.17) is 13.9 Å². The van der Waals surface area contributed by atoms with Crippen LogP contribution in [0, 0.1) is 0 Å². The van der Waals surface area contributed by atoms with E-state index >= 15 is 0 Å². The predicted molar refractivity (Wildman–Crippen MR) is 137 cm³/mol. The molecular weight excluding hydrogens is 416 g/mol. The number of rotatable bonds is 16. The Balaban J connectivity index is 2.33. The third kappa shape index (κ3) is 10.9. The SMILES string of the molecule is CCCCCCCCCCCCC(=O)OCc1ccc(O[Si](C)(C)C(C)(C)C)c(OC)c1. The summed E-state index contributed by atoms with van der Waals surface area (Å²) < 4.78 is 17.4. The lowest BCUT2D eigenvalue weighted by molar-refractivity contribution is -0.145. The van der Waals surface area contributed by atoms with Crippen molar-refractivity contribution in [3.05, 3.63) is 23.8 Å². The summed E-state index contributed by atoms with van der Waals surface area (Å²) in [6.07, 6.45) is 13.1. The maximum Gasteiger partial charge on any atom is 0.306 e. The Morgan fingerprint density at radius 2 is 1.44 bits per heavy atom. The van der Waals surface area contributed by atoms with Crippen LogP contribution in [0.2, 0.25) is 18.1 Å². The van der Waals surface area contributed by atoms with Crippen LogP contribution in [0.25, 0.3) is 0 Å². The van der Waals surface area contributed by atoms with Crippen LogP contribution >= 0.6 is 0 Å². The second kappa shape index (κ2) is 14.6. The molecule has 0 radical (unpaired) electrons. The lowest BCUT2D eigenvalue weighted by Gasteiger charge is -2.36. The molecule has 1 aromatic rings. The van der Waals surface area contributed by atoms with Crippen LogP contribution in [0.5, 0.6) is 11.5 Å². The Morgan fingerprint density at radius 3 is 1.97 bits per heavy atom. The van der Waals surface area contributed by atoms with E-state index in [1.54, 1.807) is 7.11 Å². The van der Waals surface area contributed by atoms with Crippen molar-refractivity contribution in [2.75, 3.05) is 7.11 Å². The zero-order valence-corrected chi connectivity index (χ0v) is 22.9. The zero-order valence-electron chi connectivity index (χ0n) is 21.9. The first-order valence-electron chi connectivity index (χ1n) is 12.6. The van der Waals surface area contributed by atoms with E-state index in [1.165, 1.54) is 51.4 Å². The van der Waals surface area contributed by atoms with Crippen LogP contribution in [0.1, 0.15) is 104 Å². The van der Waals surface area contributed by atoms with Crippen molar-refractivity contribution in [1.82, 2.24) is 0 Å². The van der Waals surface area contributed by atoms with Crippen LogP contribution in [0.15, 0.2) is 18.2 Å². The first-order chi connectivity index (χ1) is 15.1. The molecule has 0 aliphatic carbocycles. The molecule has 4 nitrogen and oxygen atoms in total. The quantitative estimate of drug-likeness (QED) is 0.140. The molecule has 0 heterocycles. The van der Waals surface area contributed by atoms with Gasteiger partial charge in [0.1, 0.15) is 12.4 Å². The molecule has 0 aromatic heterocycles. The van der Waals surface area contributed by atoms with Gasteiger partial charge in [-0.05, 0) is 42.2 Å². The third-order valence-corrected chi connectivity index (χ3v) is 10.9. The summed E-state index contributed by atoms with van der Waals surface area (Å²) >= 11 is 0. The van der Waals surface area contributed by atoms with E-state index in [9.17, 15) is 4.79 Å². The van der Waals surface area contributed by atoms with Crippen molar-refractivity contribution >= 4 is 14.3 Å². The van der Waals surface area contributed by atoms with Crippen molar-refractivity contribution in [2.45, 2.75) is 123 Å². The molecule has 0 unspecified atom stereocenters. The number of carbonyl (C=O) groups is 1. The van der Waals surface area contributed by atoms with Gasteiger partial charge in [0.05, 0.1) is 7.11 Å². The lowest BCUT2D eigenvalue weighted by Crippen LogP contribution is -2.43. The summed E-state index contributed by atoms with van der Waals surface area (Å²) in [6.45, 7) is 13.6. The number of benzene rings is 1. The summed E-state index contributed by atoms with van der Waals surface area (Å²) in [6, 6.07) is 5.81. The number of ether oxygens (including phenoxy) is 2. The van der Waals surface area contributed by atoms with Crippen molar-refractivity contribution in [3.63, 3.8) is 0 Å². The second-order valence-corrected chi connectivity index (χ2v) is 15.2. The van der Waals surface area contributed by atoms with Crippen molar-refractivity contribution < 1.29 is 18.7 Å². The molecule has 0 amide bonds. The number of carbonyl (C=O) groups excluding carboxylic acids is 1. The monoisotopic (exact) mass is 464 g/mol. The highest BCUT2D eigenvalue weighted by molar-refractivity contribution is 6.74. The molecule has 0 fully saturated rings. The van der Waals surface area contributed by atoms with E-state index in [0.717, 1.165) is 24.2 Å². The van der Waals surface area contributed by atoms with E-state index in [-0.39, 0.29) is 17.6 Å². The highest BCUT2D eigenvalue weighted by atomic mass is 28.4. The van der Waals surface area contributed by atoms with Crippen LogP contribution < -0.4 is 9.16 Å². The van der Waals surface area contributed by atoms with Crippen LogP contribution in [-0.4, -0.2) is 21.4 Å². The standard InChI is InChI=1S/C27H48O4Si/c1-8-9-10-11-12-13-14-15-16-17-18-26(28)30-22-23-19-20-24(25(21-23)29-5)31-32(6,7)27(2,3)4/h19-21H,8-18,22H2,1-7H3. The molecule has 0 spiro atoms. The van der Waals surface area contributed by atoms with Gasteiger partial charge in [0.15, 0.2) is 5.75 Å². The highest BCUT2D eigenvalue weighted by Gasteiger charge is 2.39. The lowest BCUT2D eigenvalue weighted by atomic mass is 10.1. The first kappa shape index (κ1) is 28.5. The molecule has 0 atom stereocenters. The molecule has 1 rings (SSSR count). The second-order valence-electron chi connectivity index (χ2n) is 10.4. The van der Waals surface area contributed by atoms with E-state index < -0.39 is 8.32 Å². The summed E-state index contributed by atoms with van der Waals surface area (Å²) in [5.41, 5.74) is 0.917. The predicted octanol–water partition coefficient (Wildman–Crippen LogP) is 8.43. The third-order valence-electron chi connectivity index (χ3n) is 6.53. The van der Waals surface area contributed by atoms with Gasteiger partial charge in [0.2, 0.25) is 0 Å². The molecule has 0 aliphatic rings. The number of unbranched alkanes of at least 4 members (excludes halogenated alkanes) is 9. The van der Waals surface area contributed by atoms with E-state index in [0.29, 0.717) is 12.2 Å². The van der Waals surface area contributed by atoms with E-state index in [2.05, 4.69) is 40.8 Å². The average molecular weight is 465 g/mol. The molecule has 0 aliphatic heterocycles. The summed E-state index contributed by atoms with van der Waals surface area (Å²) in [5, 5.41) is 0.112. The largest absolute Gasteiger partial charge is 0.541 e. The first-order valence-corrected chi connectivity index (χ1v) is 15.5. The Morgan fingerprint density at radius 1 is 0.875 bits per heavy atom. The fraction of sp³-hybridized carbons (Fsp3) is 0.741. The van der Waals surface area contributed by atoms with Crippen molar-refractivity contribution in [2.24, 2.45) is 0 Å². The van der Waals surface area contributed by atoms with Gasteiger partial charge in [-0.1, -0.05) is 91.5 Å². The Bertz CT molecular complexity index is 664. The molecule has 0 saturated carbocycles. The average Bonchev–Trinajstić information content (AvgIpc) is 2.73. The molecule has 32 heavy (non-hydrogen) atoms. The normalized spacial score (nSPS) is 12.0. The van der Waals surface area contributed by atoms with Crippen molar-refractivity contribution in [1.29, 1.82) is 0 Å². The number of esters is 1. The summed E-state index contributed by atoms with van der Waals surface area (Å²) in [4.78, 5) is 12.1. The maximum absolute atomic E-state index is 12.1. The minimum atomic E-state index is -1.95. The highest BCUT2D eigenvalue weighted by Crippen LogP contribution is 2.40. The number of hydrogen-bond acceptors (Lipinski definition) is 4. The van der Waals surface area contributed by atoms with Gasteiger partial charge in [0.25, 0.3) is 8.32 Å². The van der Waals surface area contributed by atoms with E-state index in [1.807, 2.05) is 18.2 Å². The fourth-order valence-corrected chi connectivity index (χ4v) is 4.33. The van der Waals surface area contributed by atoms with Gasteiger partial charge in [-0.3, -0.25) is 4.79 Å². The smallest absolute Gasteiger partial charge is 0.306 e. The Labute approximate surface area is 198 Å². The van der Waals surface area contributed by atoms with Crippen LogP contribution in [0.4, 0.5) is 0 Å². The molecule has 0 N–H and O–H groups in total. The summed E-state index contributed by atoms with van der Waals surface area (Å²) in [7, 11) is -0.300. The minimum Gasteiger partial charge on any atom is -0.541 e. The van der Waals surface area contributed by atoms with Gasteiger partial charge in [-0.25, -0.2) is 0 Å². The number of hydrogen-bond donors (Lipinski definition) is 0. The van der Waals surface area contributed by atoms with Gasteiger partial charge < -0.3 is 13.9 Å². The molecular formula is C27H48O4Si. The Hall–Kier alpha value is -1.49. The van der Waals surface area contributed by atoms with Gasteiger partial charge >= 0.3 is 5.97 Å². The maximum atomic E-state index is 12.1. The molecule has 0 saturated heterocycles. The van der Waals surface area contributed by atoms with Crippen molar-refractivity contribution in [3.8, 4) is 11.5 Å². The molecule has 0 bridgehead atoms. The molecule has 5 heteroatoms. The number of methoxy groups -OCH3 is 1. The van der Waals surface area contributed by atoms with Crippen LogP contribution in [-0.2, 0) is 16.1 Å². The Kier molecular flexibility index (Phi) is 13.0. The van der Waals surface area contributed by atoms with Gasteiger partial charge in [0, 0.05) is 6.42 Å². The minimum absolute atomic E-state index is 0.112. The molecule has 1 aromatic carbocycles. The topological polar surface area (TPSA) is 44.8 Å². The fourth-order valence-electron chi connectivity index (χ4n) is 3.31. The summed E-state index contributed by atoms with van der Waals surface area (Å²) in [5.74, 6) is 1.34. The zero-order chi connectivity index (χ0) is 24.0. The van der Waals surface area contributed by atoms with Gasteiger partial charge in [-0.2, -0.15) is 0 Å². The molecule has 184 valence electrons. The van der Waals surface area contributed by atoms with Crippen LogP contribution in [0.3, 0.4) is 0 Å².